The molecule has 0 aliphatic heterocycles. The highest BCUT2D eigenvalue weighted by Gasteiger charge is 2.16. The molecule has 0 aliphatic rings. The van der Waals surface area contributed by atoms with Gasteiger partial charge in [-0.3, -0.25) is 0 Å². The van der Waals surface area contributed by atoms with Crippen molar-refractivity contribution >= 4 is 0 Å². The van der Waals surface area contributed by atoms with Crippen molar-refractivity contribution in [3.05, 3.63) is 0 Å². The summed E-state index contributed by atoms with van der Waals surface area (Å²) in [6.45, 7) is 7.38. The van der Waals surface area contributed by atoms with E-state index in [0.717, 1.165) is 6.54 Å². The molecule has 62 valence electrons. The molecule has 0 aromatic carbocycles. The summed E-state index contributed by atoms with van der Waals surface area (Å²) < 4.78 is 0. The molecule has 0 amide bonds. The lowest BCUT2D eigenvalue weighted by molar-refractivity contribution is 0.310. The third kappa shape index (κ3) is 2.67. The van der Waals surface area contributed by atoms with E-state index in [2.05, 4.69) is 26.1 Å². The molecule has 0 rings (SSSR count). The highest BCUT2D eigenvalue weighted by atomic mass is 14.9. The first-order valence-corrected chi connectivity index (χ1v) is 4.00. The molecule has 0 aromatic heterocycles. The molecule has 2 heteroatoms. The van der Waals surface area contributed by atoms with Crippen LogP contribution in [0.2, 0.25) is 0 Å². The normalized spacial score (nSPS) is 17.4. The number of nitrogens with two attached hydrogens (primary N) is 1. The molecule has 0 aliphatic carbocycles. The Balaban J connectivity index is 3.80. The van der Waals surface area contributed by atoms with E-state index in [1.165, 1.54) is 0 Å². The van der Waals surface area contributed by atoms with E-state index in [-0.39, 0.29) is 0 Å². The smallest absolute Gasteiger partial charge is 0.00784 e. The molecule has 3 N–H and O–H groups in total. The van der Waals surface area contributed by atoms with Crippen molar-refractivity contribution in [1.82, 2.24) is 5.32 Å². The van der Waals surface area contributed by atoms with Gasteiger partial charge in [0, 0.05) is 6.04 Å². The molecule has 10 heavy (non-hydrogen) atoms. The lowest BCUT2D eigenvalue weighted by Crippen LogP contribution is -2.38. The van der Waals surface area contributed by atoms with E-state index in [0.29, 0.717) is 17.9 Å². The van der Waals surface area contributed by atoms with Crippen molar-refractivity contribution in [2.75, 3.05) is 13.6 Å². The van der Waals surface area contributed by atoms with E-state index in [4.69, 9.17) is 5.73 Å². The van der Waals surface area contributed by atoms with Gasteiger partial charge in [0.25, 0.3) is 0 Å². The summed E-state index contributed by atoms with van der Waals surface area (Å²) in [4.78, 5) is 0. The van der Waals surface area contributed by atoms with Gasteiger partial charge in [0.15, 0.2) is 0 Å². The fourth-order valence-electron chi connectivity index (χ4n) is 1.27. The van der Waals surface area contributed by atoms with Crippen LogP contribution in [0.3, 0.4) is 0 Å². The molecular weight excluding hydrogens is 124 g/mol. The predicted octanol–water partition coefficient (Wildman–Crippen LogP) is 0.825. The molecule has 0 bridgehead atoms. The van der Waals surface area contributed by atoms with Crippen molar-refractivity contribution in [2.24, 2.45) is 17.6 Å². The highest BCUT2D eigenvalue weighted by molar-refractivity contribution is 4.73. The Morgan fingerprint density at radius 1 is 1.30 bits per heavy atom. The average molecular weight is 144 g/mol. The molecule has 0 heterocycles. The van der Waals surface area contributed by atoms with E-state index >= 15 is 0 Å². The quantitative estimate of drug-likeness (QED) is 0.613. The maximum absolute atomic E-state index is 5.61. The van der Waals surface area contributed by atoms with Crippen LogP contribution in [-0.2, 0) is 0 Å². The van der Waals surface area contributed by atoms with Crippen LogP contribution in [-0.4, -0.2) is 19.6 Å². The van der Waals surface area contributed by atoms with Crippen LogP contribution in [0.5, 0.6) is 0 Å². The molecule has 0 aromatic rings. The maximum atomic E-state index is 5.61. The summed E-state index contributed by atoms with van der Waals surface area (Å²) in [6.07, 6.45) is 0. The molecule has 0 fully saturated rings. The van der Waals surface area contributed by atoms with Crippen LogP contribution in [0.4, 0.5) is 0 Å². The number of hydrogen-bond donors (Lipinski definition) is 2. The summed E-state index contributed by atoms with van der Waals surface area (Å²) in [6, 6.07) is 0.532. The van der Waals surface area contributed by atoms with Gasteiger partial charge in [0.05, 0.1) is 0 Å². The Bertz CT molecular complexity index is 81.3. The summed E-state index contributed by atoms with van der Waals surface area (Å²) in [7, 11) is 1.98. The van der Waals surface area contributed by atoms with Gasteiger partial charge in [0.2, 0.25) is 0 Å². The average Bonchev–Trinajstić information content (AvgIpc) is 1.88. The molecule has 0 spiro atoms. The second-order valence-electron chi connectivity index (χ2n) is 3.22. The van der Waals surface area contributed by atoms with Crippen molar-refractivity contribution in [3.63, 3.8) is 0 Å². The molecule has 0 radical (unpaired) electrons. The first kappa shape index (κ1) is 9.92. The molecule has 0 saturated heterocycles. The summed E-state index contributed by atoms with van der Waals surface area (Å²) in [5.41, 5.74) is 5.61. The van der Waals surface area contributed by atoms with Gasteiger partial charge >= 0.3 is 0 Å². The zero-order valence-corrected chi connectivity index (χ0v) is 7.52. The molecule has 2 atom stereocenters. The largest absolute Gasteiger partial charge is 0.330 e. The van der Waals surface area contributed by atoms with Crippen LogP contribution in [0.25, 0.3) is 0 Å². The fraction of sp³-hybridized carbons (Fsp3) is 1.00. The van der Waals surface area contributed by atoms with Gasteiger partial charge in [-0.1, -0.05) is 13.8 Å². The van der Waals surface area contributed by atoms with Gasteiger partial charge in [-0.25, -0.2) is 0 Å². The number of rotatable bonds is 4. The van der Waals surface area contributed by atoms with Gasteiger partial charge in [-0.2, -0.15) is 0 Å². The zero-order chi connectivity index (χ0) is 8.15. The first-order chi connectivity index (χ1) is 4.63. The maximum Gasteiger partial charge on any atom is 0.00784 e. The standard InChI is InChI=1S/C8H20N2/c1-6(2)8(5-9)7(3)10-4/h6-8,10H,5,9H2,1-4H3. The minimum absolute atomic E-state index is 0.532. The van der Waals surface area contributed by atoms with E-state index in [1.54, 1.807) is 0 Å². The lowest BCUT2D eigenvalue weighted by Gasteiger charge is -2.25. The Kier molecular flexibility index (Phi) is 4.65. The Labute approximate surface area is 64.2 Å². The van der Waals surface area contributed by atoms with Gasteiger partial charge in [-0.15, -0.1) is 0 Å². The molecule has 2 nitrogen and oxygen atoms in total. The topological polar surface area (TPSA) is 38.0 Å². The van der Waals surface area contributed by atoms with Gasteiger partial charge < -0.3 is 11.1 Å². The second-order valence-corrected chi connectivity index (χ2v) is 3.22. The van der Waals surface area contributed by atoms with Crippen molar-refractivity contribution < 1.29 is 0 Å². The Morgan fingerprint density at radius 3 is 1.90 bits per heavy atom. The number of nitrogens with one attached hydrogen (secondary N) is 1. The van der Waals surface area contributed by atoms with Crippen LogP contribution in [0, 0.1) is 11.8 Å². The molecule has 0 saturated carbocycles. The Hall–Kier alpha value is -0.0800. The van der Waals surface area contributed by atoms with Crippen molar-refractivity contribution in [1.29, 1.82) is 0 Å². The number of hydrogen-bond acceptors (Lipinski definition) is 2. The predicted molar refractivity (Wildman–Crippen MR) is 45.9 cm³/mol. The van der Waals surface area contributed by atoms with E-state index < -0.39 is 0 Å². The molecular formula is C8H20N2. The minimum atomic E-state index is 0.532. The van der Waals surface area contributed by atoms with Gasteiger partial charge in [0.1, 0.15) is 0 Å². The first-order valence-electron chi connectivity index (χ1n) is 4.00. The molecule has 2 unspecified atom stereocenters. The summed E-state index contributed by atoms with van der Waals surface area (Å²) in [5.74, 6) is 1.28. The van der Waals surface area contributed by atoms with E-state index in [1.807, 2.05) is 7.05 Å². The van der Waals surface area contributed by atoms with Crippen LogP contribution in [0.15, 0.2) is 0 Å². The minimum Gasteiger partial charge on any atom is -0.330 e. The Morgan fingerprint density at radius 2 is 1.80 bits per heavy atom. The van der Waals surface area contributed by atoms with Crippen LogP contribution in [0.1, 0.15) is 20.8 Å². The van der Waals surface area contributed by atoms with Crippen molar-refractivity contribution in [3.8, 4) is 0 Å². The summed E-state index contributed by atoms with van der Waals surface area (Å²) in [5, 5.41) is 3.22. The van der Waals surface area contributed by atoms with Crippen LogP contribution < -0.4 is 11.1 Å². The summed E-state index contributed by atoms with van der Waals surface area (Å²) >= 11 is 0. The van der Waals surface area contributed by atoms with E-state index in [9.17, 15) is 0 Å². The van der Waals surface area contributed by atoms with Crippen LogP contribution >= 0.6 is 0 Å². The zero-order valence-electron chi connectivity index (χ0n) is 7.52. The highest BCUT2D eigenvalue weighted by Crippen LogP contribution is 2.12. The monoisotopic (exact) mass is 144 g/mol. The van der Waals surface area contributed by atoms with Gasteiger partial charge in [-0.05, 0) is 32.4 Å². The van der Waals surface area contributed by atoms with Crippen molar-refractivity contribution in [2.45, 2.75) is 26.8 Å². The lowest BCUT2D eigenvalue weighted by atomic mass is 9.90. The second kappa shape index (κ2) is 4.69. The SMILES string of the molecule is CNC(C)C(CN)C(C)C. The third-order valence-electron chi connectivity index (χ3n) is 2.23. The third-order valence-corrected chi connectivity index (χ3v) is 2.23. The fourth-order valence-corrected chi connectivity index (χ4v) is 1.27.